The van der Waals surface area contributed by atoms with Crippen LogP contribution in [0.2, 0.25) is 5.02 Å². The molecule has 0 amide bonds. The molecule has 0 saturated carbocycles. The zero-order valence-electron chi connectivity index (χ0n) is 11.1. The van der Waals surface area contributed by atoms with Gasteiger partial charge < -0.3 is 10.6 Å². The third kappa shape index (κ3) is 2.73. The second-order valence-electron chi connectivity index (χ2n) is 4.31. The van der Waals surface area contributed by atoms with E-state index in [2.05, 4.69) is 30.8 Å². The van der Waals surface area contributed by atoms with Crippen LogP contribution in [0.1, 0.15) is 6.92 Å². The maximum Gasteiger partial charge on any atom is 0.226 e. The predicted octanol–water partition coefficient (Wildman–Crippen LogP) is 3.32. The van der Waals surface area contributed by atoms with Crippen molar-refractivity contribution in [3.05, 3.63) is 35.2 Å². The van der Waals surface area contributed by atoms with E-state index in [-0.39, 0.29) is 5.02 Å². The Hall–Kier alpha value is -2.41. The first-order valence-corrected chi connectivity index (χ1v) is 6.72. The van der Waals surface area contributed by atoms with Crippen LogP contribution >= 0.6 is 11.6 Å². The zero-order chi connectivity index (χ0) is 14.8. The highest BCUT2D eigenvalue weighted by atomic mass is 35.5. The molecule has 0 radical (unpaired) electrons. The smallest absolute Gasteiger partial charge is 0.226 e. The molecule has 0 bridgehead atoms. The van der Waals surface area contributed by atoms with Crippen molar-refractivity contribution in [2.75, 3.05) is 17.2 Å². The number of halogens is 2. The molecule has 0 aliphatic rings. The molecule has 21 heavy (non-hydrogen) atoms. The van der Waals surface area contributed by atoms with E-state index in [9.17, 15) is 4.39 Å². The molecule has 8 heteroatoms. The van der Waals surface area contributed by atoms with Crippen molar-refractivity contribution in [3.63, 3.8) is 0 Å². The van der Waals surface area contributed by atoms with E-state index in [1.807, 2.05) is 6.92 Å². The molecule has 0 saturated heterocycles. The van der Waals surface area contributed by atoms with Gasteiger partial charge in [-0.3, -0.25) is 5.10 Å². The quantitative estimate of drug-likeness (QED) is 0.689. The molecular weight excluding hydrogens is 295 g/mol. The van der Waals surface area contributed by atoms with Gasteiger partial charge in [-0.2, -0.15) is 15.1 Å². The normalized spacial score (nSPS) is 10.8. The van der Waals surface area contributed by atoms with Crippen molar-refractivity contribution < 1.29 is 4.39 Å². The number of nitrogens with one attached hydrogen (secondary N) is 3. The summed E-state index contributed by atoms with van der Waals surface area (Å²) < 4.78 is 13.5. The summed E-state index contributed by atoms with van der Waals surface area (Å²) in [5, 5.41) is 13.6. The summed E-state index contributed by atoms with van der Waals surface area (Å²) in [6.07, 6.45) is 1.61. The third-order valence-corrected chi connectivity index (χ3v) is 3.13. The average Bonchev–Trinajstić information content (AvgIpc) is 2.92. The number of hydrogen-bond acceptors (Lipinski definition) is 5. The largest absolute Gasteiger partial charge is 0.354 e. The molecule has 1 aromatic carbocycles. The van der Waals surface area contributed by atoms with Gasteiger partial charge in [0.2, 0.25) is 5.95 Å². The monoisotopic (exact) mass is 306 g/mol. The van der Waals surface area contributed by atoms with E-state index in [1.165, 1.54) is 12.1 Å². The van der Waals surface area contributed by atoms with Crippen LogP contribution in [0.3, 0.4) is 0 Å². The van der Waals surface area contributed by atoms with E-state index >= 15 is 0 Å². The summed E-state index contributed by atoms with van der Waals surface area (Å²) in [6, 6.07) is 4.47. The van der Waals surface area contributed by atoms with Crippen LogP contribution in [-0.2, 0) is 0 Å². The van der Waals surface area contributed by atoms with Crippen molar-refractivity contribution in [2.24, 2.45) is 0 Å². The average molecular weight is 307 g/mol. The lowest BCUT2D eigenvalue weighted by atomic mass is 10.3. The molecule has 0 spiro atoms. The van der Waals surface area contributed by atoms with Crippen molar-refractivity contribution >= 4 is 40.1 Å². The maximum absolute atomic E-state index is 13.5. The van der Waals surface area contributed by atoms with Crippen molar-refractivity contribution in [1.29, 1.82) is 0 Å². The third-order valence-electron chi connectivity index (χ3n) is 2.83. The summed E-state index contributed by atoms with van der Waals surface area (Å²) in [4.78, 5) is 8.64. The minimum atomic E-state index is -0.494. The second kappa shape index (κ2) is 5.53. The van der Waals surface area contributed by atoms with E-state index in [1.54, 1.807) is 12.3 Å². The van der Waals surface area contributed by atoms with Crippen LogP contribution in [0.4, 0.5) is 21.8 Å². The van der Waals surface area contributed by atoms with Gasteiger partial charge in [0.05, 0.1) is 16.6 Å². The zero-order valence-corrected chi connectivity index (χ0v) is 11.9. The molecule has 108 valence electrons. The van der Waals surface area contributed by atoms with E-state index < -0.39 is 5.82 Å². The molecule has 2 heterocycles. The van der Waals surface area contributed by atoms with Gasteiger partial charge in [0.25, 0.3) is 0 Å². The van der Waals surface area contributed by atoms with Crippen molar-refractivity contribution in [2.45, 2.75) is 6.92 Å². The van der Waals surface area contributed by atoms with E-state index in [4.69, 9.17) is 11.6 Å². The van der Waals surface area contributed by atoms with Crippen LogP contribution in [0.15, 0.2) is 24.4 Å². The van der Waals surface area contributed by atoms with Crippen LogP contribution in [0, 0.1) is 5.82 Å². The number of aromatic nitrogens is 4. The van der Waals surface area contributed by atoms with Crippen molar-refractivity contribution in [1.82, 2.24) is 20.2 Å². The number of aromatic amines is 1. The first kappa shape index (κ1) is 13.6. The lowest BCUT2D eigenvalue weighted by Crippen LogP contribution is -2.05. The molecule has 3 aromatic rings. The van der Waals surface area contributed by atoms with Gasteiger partial charge in [-0.1, -0.05) is 11.6 Å². The number of benzene rings is 1. The molecule has 2 aromatic heterocycles. The molecule has 0 aliphatic carbocycles. The SMILES string of the molecule is CCNc1nc(Nc2ccc(Cl)c(F)c2)c2cn[nH]c2n1. The fourth-order valence-electron chi connectivity index (χ4n) is 1.88. The Balaban J connectivity index is 2.01. The lowest BCUT2D eigenvalue weighted by Gasteiger charge is -2.09. The van der Waals surface area contributed by atoms with Crippen LogP contribution in [0.5, 0.6) is 0 Å². The summed E-state index contributed by atoms with van der Waals surface area (Å²) in [6.45, 7) is 2.64. The van der Waals surface area contributed by atoms with Crippen molar-refractivity contribution in [3.8, 4) is 0 Å². The Morgan fingerprint density at radius 3 is 2.95 bits per heavy atom. The summed E-state index contributed by atoms with van der Waals surface area (Å²) in [7, 11) is 0. The number of H-pyrrole nitrogens is 1. The predicted molar refractivity (Wildman–Crippen MR) is 80.5 cm³/mol. The minimum Gasteiger partial charge on any atom is -0.354 e. The Morgan fingerprint density at radius 2 is 2.19 bits per heavy atom. The molecule has 3 rings (SSSR count). The Bertz CT molecular complexity index is 787. The van der Waals surface area contributed by atoms with Crippen LogP contribution < -0.4 is 10.6 Å². The van der Waals surface area contributed by atoms with Crippen LogP contribution in [-0.4, -0.2) is 26.7 Å². The molecule has 0 aliphatic heterocycles. The maximum atomic E-state index is 13.5. The number of fused-ring (bicyclic) bond motifs is 1. The summed E-state index contributed by atoms with van der Waals surface area (Å²) in [5.74, 6) is 0.503. The first-order chi connectivity index (χ1) is 10.2. The van der Waals surface area contributed by atoms with E-state index in [0.717, 1.165) is 0 Å². The first-order valence-electron chi connectivity index (χ1n) is 6.34. The van der Waals surface area contributed by atoms with Gasteiger partial charge in [-0.15, -0.1) is 0 Å². The van der Waals surface area contributed by atoms with Gasteiger partial charge in [0, 0.05) is 12.2 Å². The van der Waals surface area contributed by atoms with Gasteiger partial charge in [0.15, 0.2) is 5.65 Å². The minimum absolute atomic E-state index is 0.0741. The lowest BCUT2D eigenvalue weighted by molar-refractivity contribution is 0.629. The number of nitrogens with zero attached hydrogens (tertiary/aromatic N) is 3. The number of rotatable bonds is 4. The summed E-state index contributed by atoms with van der Waals surface area (Å²) in [5.41, 5.74) is 1.14. The molecule has 0 fully saturated rings. The Kier molecular flexibility index (Phi) is 3.57. The van der Waals surface area contributed by atoms with Gasteiger partial charge in [-0.05, 0) is 25.1 Å². The molecule has 3 N–H and O–H groups in total. The summed E-state index contributed by atoms with van der Waals surface area (Å²) >= 11 is 5.67. The Labute approximate surface area is 124 Å². The number of anilines is 3. The fraction of sp³-hybridized carbons (Fsp3) is 0.154. The Morgan fingerprint density at radius 1 is 1.33 bits per heavy atom. The fourth-order valence-corrected chi connectivity index (χ4v) is 2.00. The highest BCUT2D eigenvalue weighted by molar-refractivity contribution is 6.30. The molecule has 0 atom stereocenters. The van der Waals surface area contributed by atoms with Gasteiger partial charge in [0.1, 0.15) is 11.6 Å². The van der Waals surface area contributed by atoms with Gasteiger partial charge >= 0.3 is 0 Å². The van der Waals surface area contributed by atoms with E-state index in [0.29, 0.717) is 35.0 Å². The number of hydrogen-bond donors (Lipinski definition) is 3. The second-order valence-corrected chi connectivity index (χ2v) is 4.72. The topological polar surface area (TPSA) is 78.5 Å². The molecular formula is C13H12ClFN6. The van der Waals surface area contributed by atoms with Gasteiger partial charge in [-0.25, -0.2) is 4.39 Å². The highest BCUT2D eigenvalue weighted by Gasteiger charge is 2.10. The molecule has 6 nitrogen and oxygen atoms in total. The van der Waals surface area contributed by atoms with Crippen LogP contribution in [0.25, 0.3) is 11.0 Å². The standard InChI is InChI=1S/C13H12ClFN6/c1-2-16-13-19-11(8-6-17-21-12(8)20-13)18-7-3-4-9(14)10(15)5-7/h3-6H,2H2,1H3,(H3,16,17,18,19,20,21). The molecule has 0 unspecified atom stereocenters. The highest BCUT2D eigenvalue weighted by Crippen LogP contribution is 2.26.